The number of aromatic nitrogens is 2. The highest BCUT2D eigenvalue weighted by Gasteiger charge is 2.03. The highest BCUT2D eigenvalue weighted by molar-refractivity contribution is 6.29. The number of nitrogens with one attached hydrogen (secondary N) is 1. The molecule has 2 heterocycles. The molecule has 2 aromatic rings. The Kier molecular flexibility index (Phi) is 3.44. The quantitative estimate of drug-likeness (QED) is 0.820. The summed E-state index contributed by atoms with van der Waals surface area (Å²) in [6.45, 7) is 2.59. The van der Waals surface area contributed by atoms with Crippen molar-refractivity contribution in [1.82, 2.24) is 9.97 Å². The Morgan fingerprint density at radius 1 is 1.35 bits per heavy atom. The first-order valence-corrected chi connectivity index (χ1v) is 5.61. The van der Waals surface area contributed by atoms with Crippen molar-refractivity contribution in [2.75, 3.05) is 11.1 Å². The minimum Gasteiger partial charge on any atom is -0.396 e. The van der Waals surface area contributed by atoms with Crippen molar-refractivity contribution in [3.8, 4) is 0 Å². The fourth-order valence-corrected chi connectivity index (χ4v) is 1.61. The number of nitrogens with zero attached hydrogens (tertiary/aromatic N) is 2. The number of anilines is 2. The van der Waals surface area contributed by atoms with E-state index in [2.05, 4.69) is 15.3 Å². The van der Waals surface area contributed by atoms with Crippen LogP contribution in [0, 0.1) is 6.92 Å². The number of hydrogen-bond acceptors (Lipinski definition) is 4. The summed E-state index contributed by atoms with van der Waals surface area (Å²) in [5.74, 6) is 0.586. The average Bonchev–Trinajstić information content (AvgIpc) is 2.32. The van der Waals surface area contributed by atoms with Crippen molar-refractivity contribution in [3.05, 3.63) is 46.9 Å². The highest BCUT2D eigenvalue weighted by atomic mass is 35.5. The lowest BCUT2D eigenvalue weighted by atomic mass is 10.2. The molecule has 0 saturated heterocycles. The van der Waals surface area contributed by atoms with Gasteiger partial charge in [0.1, 0.15) is 5.15 Å². The zero-order chi connectivity index (χ0) is 12.3. The maximum absolute atomic E-state index is 5.81. The number of nitrogens with two attached hydrogens (primary N) is 1. The molecule has 0 aliphatic heterocycles. The van der Waals surface area contributed by atoms with Gasteiger partial charge >= 0.3 is 0 Å². The second-order valence-corrected chi connectivity index (χ2v) is 4.08. The standard InChI is InChI=1S/C12H13ClN4/c1-8-3-2-6-15-10(8)7-16-12-9(14)4-5-11(13)17-12/h2-6H,7,14H2,1H3,(H,16,17). The van der Waals surface area contributed by atoms with Gasteiger partial charge in [-0.3, -0.25) is 4.98 Å². The van der Waals surface area contributed by atoms with Gasteiger partial charge in [0.25, 0.3) is 0 Å². The smallest absolute Gasteiger partial charge is 0.151 e. The number of aryl methyl sites for hydroxylation is 1. The molecule has 0 aliphatic rings. The third-order valence-corrected chi connectivity index (χ3v) is 2.64. The molecule has 4 nitrogen and oxygen atoms in total. The number of nitrogen functional groups attached to an aromatic ring is 1. The Morgan fingerprint density at radius 3 is 2.94 bits per heavy atom. The topological polar surface area (TPSA) is 63.8 Å². The predicted octanol–water partition coefficient (Wildman–Crippen LogP) is 2.63. The summed E-state index contributed by atoms with van der Waals surface area (Å²) in [4.78, 5) is 8.40. The van der Waals surface area contributed by atoms with E-state index >= 15 is 0 Å². The molecule has 2 rings (SSSR count). The first-order valence-electron chi connectivity index (χ1n) is 5.23. The fraction of sp³-hybridized carbons (Fsp3) is 0.167. The number of rotatable bonds is 3. The van der Waals surface area contributed by atoms with Gasteiger partial charge in [0.15, 0.2) is 5.82 Å². The average molecular weight is 249 g/mol. The van der Waals surface area contributed by atoms with Gasteiger partial charge in [0.05, 0.1) is 17.9 Å². The van der Waals surface area contributed by atoms with E-state index < -0.39 is 0 Å². The summed E-state index contributed by atoms with van der Waals surface area (Å²) < 4.78 is 0. The first kappa shape index (κ1) is 11.7. The van der Waals surface area contributed by atoms with Crippen molar-refractivity contribution in [2.45, 2.75) is 13.5 Å². The molecule has 0 aromatic carbocycles. The maximum atomic E-state index is 5.81. The van der Waals surface area contributed by atoms with E-state index in [4.69, 9.17) is 17.3 Å². The van der Waals surface area contributed by atoms with Crippen LogP contribution < -0.4 is 11.1 Å². The first-order chi connectivity index (χ1) is 8.16. The van der Waals surface area contributed by atoms with Crippen molar-refractivity contribution >= 4 is 23.1 Å². The number of hydrogen-bond donors (Lipinski definition) is 2. The van der Waals surface area contributed by atoms with Gasteiger partial charge in [-0.25, -0.2) is 4.98 Å². The van der Waals surface area contributed by atoms with Crippen LogP contribution in [-0.2, 0) is 6.54 Å². The van der Waals surface area contributed by atoms with Gasteiger partial charge < -0.3 is 11.1 Å². The van der Waals surface area contributed by atoms with Crippen molar-refractivity contribution < 1.29 is 0 Å². The Bertz CT molecular complexity index is 528. The van der Waals surface area contributed by atoms with Crippen LogP contribution in [0.25, 0.3) is 0 Å². The third kappa shape index (κ3) is 2.85. The summed E-state index contributed by atoms with van der Waals surface area (Å²) in [5, 5.41) is 3.54. The monoisotopic (exact) mass is 248 g/mol. The van der Waals surface area contributed by atoms with Crippen LogP contribution in [0.2, 0.25) is 5.15 Å². The van der Waals surface area contributed by atoms with Crippen LogP contribution in [-0.4, -0.2) is 9.97 Å². The molecule has 2 aromatic heterocycles. The third-order valence-electron chi connectivity index (χ3n) is 2.43. The van der Waals surface area contributed by atoms with E-state index in [-0.39, 0.29) is 0 Å². The molecule has 0 aliphatic carbocycles. The molecule has 5 heteroatoms. The SMILES string of the molecule is Cc1cccnc1CNc1nc(Cl)ccc1N. The Labute approximate surface area is 105 Å². The molecule has 0 bridgehead atoms. The molecular weight excluding hydrogens is 236 g/mol. The summed E-state index contributed by atoms with van der Waals surface area (Å²) in [6, 6.07) is 7.31. The van der Waals surface area contributed by atoms with E-state index in [9.17, 15) is 0 Å². The Morgan fingerprint density at radius 2 is 2.18 bits per heavy atom. The molecule has 0 atom stereocenters. The second kappa shape index (κ2) is 5.01. The lowest BCUT2D eigenvalue weighted by Gasteiger charge is -2.09. The van der Waals surface area contributed by atoms with Crippen molar-refractivity contribution in [2.24, 2.45) is 0 Å². The van der Waals surface area contributed by atoms with Gasteiger partial charge in [-0.15, -0.1) is 0 Å². The molecular formula is C12H13ClN4. The van der Waals surface area contributed by atoms with Crippen molar-refractivity contribution in [1.29, 1.82) is 0 Å². The number of pyridine rings is 2. The molecule has 0 unspecified atom stereocenters. The fourth-order valence-electron chi connectivity index (χ4n) is 1.46. The molecule has 0 amide bonds. The van der Waals surface area contributed by atoms with Gasteiger partial charge in [-0.1, -0.05) is 17.7 Å². The zero-order valence-corrected chi connectivity index (χ0v) is 10.2. The van der Waals surface area contributed by atoms with Gasteiger partial charge in [-0.05, 0) is 30.7 Å². The van der Waals surface area contributed by atoms with Crippen LogP contribution in [0.1, 0.15) is 11.3 Å². The van der Waals surface area contributed by atoms with E-state index in [0.29, 0.717) is 23.2 Å². The van der Waals surface area contributed by atoms with E-state index in [1.54, 1.807) is 18.3 Å². The van der Waals surface area contributed by atoms with Gasteiger partial charge in [0, 0.05) is 6.20 Å². The van der Waals surface area contributed by atoms with Crippen LogP contribution in [0.3, 0.4) is 0 Å². The van der Waals surface area contributed by atoms with E-state index in [1.807, 2.05) is 19.1 Å². The molecule has 0 fully saturated rings. The lowest BCUT2D eigenvalue weighted by molar-refractivity contribution is 1.01. The molecule has 0 radical (unpaired) electrons. The highest BCUT2D eigenvalue weighted by Crippen LogP contribution is 2.19. The zero-order valence-electron chi connectivity index (χ0n) is 9.44. The molecule has 3 N–H and O–H groups in total. The largest absolute Gasteiger partial charge is 0.396 e. The maximum Gasteiger partial charge on any atom is 0.151 e. The Balaban J connectivity index is 2.12. The van der Waals surface area contributed by atoms with E-state index in [0.717, 1.165) is 11.3 Å². The van der Waals surface area contributed by atoms with Gasteiger partial charge in [0.2, 0.25) is 0 Å². The van der Waals surface area contributed by atoms with Crippen LogP contribution in [0.5, 0.6) is 0 Å². The minimum absolute atomic E-state index is 0.416. The Hall–Kier alpha value is -1.81. The van der Waals surface area contributed by atoms with E-state index in [1.165, 1.54) is 0 Å². The molecule has 88 valence electrons. The second-order valence-electron chi connectivity index (χ2n) is 3.69. The van der Waals surface area contributed by atoms with Crippen LogP contribution in [0.4, 0.5) is 11.5 Å². The number of halogens is 1. The summed E-state index contributed by atoms with van der Waals surface area (Å²) in [5.41, 5.74) is 8.45. The van der Waals surface area contributed by atoms with Gasteiger partial charge in [-0.2, -0.15) is 0 Å². The molecule has 17 heavy (non-hydrogen) atoms. The van der Waals surface area contributed by atoms with Crippen molar-refractivity contribution in [3.63, 3.8) is 0 Å². The lowest BCUT2D eigenvalue weighted by Crippen LogP contribution is -2.07. The minimum atomic E-state index is 0.416. The summed E-state index contributed by atoms with van der Waals surface area (Å²) in [7, 11) is 0. The predicted molar refractivity (Wildman–Crippen MR) is 70.0 cm³/mol. The summed E-state index contributed by atoms with van der Waals surface area (Å²) in [6.07, 6.45) is 1.76. The normalized spacial score (nSPS) is 10.2. The van der Waals surface area contributed by atoms with Crippen LogP contribution in [0.15, 0.2) is 30.5 Å². The molecule has 0 saturated carbocycles. The van der Waals surface area contributed by atoms with Crippen LogP contribution >= 0.6 is 11.6 Å². The summed E-state index contributed by atoms with van der Waals surface area (Å²) >= 11 is 5.81. The molecule has 0 spiro atoms.